The lowest BCUT2D eigenvalue weighted by molar-refractivity contribution is -0.122. The highest BCUT2D eigenvalue weighted by molar-refractivity contribution is 5.77. The van der Waals surface area contributed by atoms with E-state index in [1.807, 2.05) is 18.2 Å². The van der Waals surface area contributed by atoms with Gasteiger partial charge in [0, 0.05) is 13.0 Å². The van der Waals surface area contributed by atoms with E-state index in [0.717, 1.165) is 42.7 Å². The summed E-state index contributed by atoms with van der Waals surface area (Å²) in [5, 5.41) is 3.14. The molecule has 0 aliphatic heterocycles. The van der Waals surface area contributed by atoms with Crippen LogP contribution in [0.2, 0.25) is 0 Å². The number of methoxy groups -OCH3 is 2. The number of amides is 1. The fraction of sp³-hybridized carbons (Fsp3) is 0.588. The highest BCUT2D eigenvalue weighted by Gasteiger charge is 2.33. The molecule has 0 saturated heterocycles. The largest absolute Gasteiger partial charge is 0.497 e. The van der Waals surface area contributed by atoms with E-state index in [4.69, 9.17) is 15.2 Å². The van der Waals surface area contributed by atoms with E-state index in [9.17, 15) is 4.79 Å². The lowest BCUT2D eigenvalue weighted by Gasteiger charge is -2.28. The van der Waals surface area contributed by atoms with Crippen LogP contribution in [-0.4, -0.2) is 32.2 Å². The van der Waals surface area contributed by atoms with E-state index in [1.54, 1.807) is 14.2 Å². The van der Waals surface area contributed by atoms with Crippen LogP contribution in [0.4, 0.5) is 0 Å². The zero-order chi connectivity index (χ0) is 16.0. The molecule has 1 saturated carbocycles. The van der Waals surface area contributed by atoms with Gasteiger partial charge in [-0.25, -0.2) is 0 Å². The first kappa shape index (κ1) is 16.6. The quantitative estimate of drug-likeness (QED) is 0.808. The molecule has 5 heteroatoms. The average molecular weight is 306 g/mol. The lowest BCUT2D eigenvalue weighted by atomic mass is 9.97. The number of hydrogen-bond donors (Lipinski definition) is 2. The van der Waals surface area contributed by atoms with Gasteiger partial charge in [-0.3, -0.25) is 4.79 Å². The maximum Gasteiger partial charge on any atom is 0.220 e. The number of carbonyl (C=O) groups is 1. The summed E-state index contributed by atoms with van der Waals surface area (Å²) < 4.78 is 10.6. The maximum atomic E-state index is 12.3. The Morgan fingerprint density at radius 1 is 1.27 bits per heavy atom. The summed E-state index contributed by atoms with van der Waals surface area (Å²) in [5.74, 6) is 1.60. The van der Waals surface area contributed by atoms with Crippen LogP contribution >= 0.6 is 0 Å². The van der Waals surface area contributed by atoms with Gasteiger partial charge in [0.2, 0.25) is 5.91 Å². The van der Waals surface area contributed by atoms with E-state index >= 15 is 0 Å². The van der Waals surface area contributed by atoms with Crippen molar-refractivity contribution >= 4 is 5.91 Å². The molecule has 1 amide bonds. The SMILES string of the molecule is COc1ccc(OC)c(CCC(=O)NC2(CN)CCCC2)c1. The van der Waals surface area contributed by atoms with Crippen LogP contribution in [0.1, 0.15) is 37.7 Å². The third kappa shape index (κ3) is 3.91. The molecule has 1 aromatic rings. The minimum absolute atomic E-state index is 0.0530. The van der Waals surface area contributed by atoms with Crippen molar-refractivity contribution in [2.45, 2.75) is 44.1 Å². The van der Waals surface area contributed by atoms with Gasteiger partial charge >= 0.3 is 0 Å². The molecule has 0 unspecified atom stereocenters. The number of aryl methyl sites for hydroxylation is 1. The third-order valence-corrected chi connectivity index (χ3v) is 4.46. The standard InChI is InChI=1S/C17H26N2O3/c1-21-14-6-7-15(22-2)13(11-14)5-8-16(20)19-17(12-18)9-3-4-10-17/h6-7,11H,3-5,8-10,12,18H2,1-2H3,(H,19,20). The molecule has 5 nitrogen and oxygen atoms in total. The molecular weight excluding hydrogens is 280 g/mol. The van der Waals surface area contributed by atoms with Crippen LogP contribution in [0, 0.1) is 0 Å². The Morgan fingerprint density at radius 2 is 2.00 bits per heavy atom. The molecule has 22 heavy (non-hydrogen) atoms. The Bertz CT molecular complexity index is 511. The molecule has 0 atom stereocenters. The highest BCUT2D eigenvalue weighted by Crippen LogP contribution is 2.29. The first-order valence-electron chi connectivity index (χ1n) is 7.84. The number of rotatable bonds is 7. The second-order valence-corrected chi connectivity index (χ2v) is 5.92. The maximum absolute atomic E-state index is 12.3. The van der Waals surface area contributed by atoms with Crippen molar-refractivity contribution in [3.05, 3.63) is 23.8 Å². The number of hydrogen-bond acceptors (Lipinski definition) is 4. The van der Waals surface area contributed by atoms with Gasteiger partial charge in [-0.15, -0.1) is 0 Å². The number of carbonyl (C=O) groups excluding carboxylic acids is 1. The van der Waals surface area contributed by atoms with E-state index in [2.05, 4.69) is 5.32 Å². The van der Waals surface area contributed by atoms with Crippen molar-refractivity contribution in [2.24, 2.45) is 5.73 Å². The van der Waals surface area contributed by atoms with Crippen LogP contribution in [0.15, 0.2) is 18.2 Å². The fourth-order valence-corrected chi connectivity index (χ4v) is 3.12. The number of benzene rings is 1. The molecule has 3 N–H and O–H groups in total. The number of ether oxygens (including phenoxy) is 2. The molecule has 0 spiro atoms. The van der Waals surface area contributed by atoms with Crippen molar-refractivity contribution in [3.8, 4) is 11.5 Å². The predicted molar refractivity (Wildman–Crippen MR) is 86.3 cm³/mol. The molecule has 1 aliphatic rings. The molecule has 1 fully saturated rings. The molecule has 2 rings (SSSR count). The van der Waals surface area contributed by atoms with E-state index in [1.165, 1.54) is 0 Å². The number of nitrogens with two attached hydrogens (primary N) is 1. The van der Waals surface area contributed by atoms with Gasteiger partial charge in [0.25, 0.3) is 0 Å². The van der Waals surface area contributed by atoms with Gasteiger partial charge in [0.15, 0.2) is 0 Å². The van der Waals surface area contributed by atoms with Crippen molar-refractivity contribution < 1.29 is 14.3 Å². The van der Waals surface area contributed by atoms with E-state index < -0.39 is 0 Å². The normalized spacial score (nSPS) is 16.3. The van der Waals surface area contributed by atoms with Crippen LogP contribution in [-0.2, 0) is 11.2 Å². The third-order valence-electron chi connectivity index (χ3n) is 4.46. The van der Waals surface area contributed by atoms with Gasteiger partial charge in [-0.1, -0.05) is 12.8 Å². The molecular formula is C17H26N2O3. The summed E-state index contributed by atoms with van der Waals surface area (Å²) in [6.45, 7) is 0.515. The second-order valence-electron chi connectivity index (χ2n) is 5.92. The average Bonchev–Trinajstić information content (AvgIpc) is 3.01. The van der Waals surface area contributed by atoms with Crippen molar-refractivity contribution in [1.29, 1.82) is 0 Å². The van der Waals surface area contributed by atoms with E-state index in [-0.39, 0.29) is 11.4 Å². The molecule has 0 radical (unpaired) electrons. The van der Waals surface area contributed by atoms with Gasteiger partial charge in [-0.2, -0.15) is 0 Å². The molecule has 0 bridgehead atoms. The molecule has 1 aromatic carbocycles. The Kier molecular flexibility index (Phi) is 5.66. The zero-order valence-corrected chi connectivity index (χ0v) is 13.5. The van der Waals surface area contributed by atoms with Gasteiger partial charge in [0.1, 0.15) is 11.5 Å². The number of nitrogens with one attached hydrogen (secondary N) is 1. The topological polar surface area (TPSA) is 73.6 Å². The zero-order valence-electron chi connectivity index (χ0n) is 13.5. The minimum atomic E-state index is -0.185. The molecule has 0 aromatic heterocycles. The van der Waals surface area contributed by atoms with Gasteiger partial charge in [-0.05, 0) is 43.0 Å². The summed E-state index contributed by atoms with van der Waals surface area (Å²) in [6.07, 6.45) is 5.29. The molecule has 1 aliphatic carbocycles. The van der Waals surface area contributed by atoms with Crippen LogP contribution in [0.3, 0.4) is 0 Å². The van der Waals surface area contributed by atoms with Crippen LogP contribution in [0.5, 0.6) is 11.5 Å². The Hall–Kier alpha value is -1.75. The summed E-state index contributed by atoms with van der Waals surface area (Å²) in [5.41, 5.74) is 6.65. The summed E-state index contributed by atoms with van der Waals surface area (Å²) in [7, 11) is 3.26. The Morgan fingerprint density at radius 3 is 2.59 bits per heavy atom. The van der Waals surface area contributed by atoms with Gasteiger partial charge in [0.05, 0.1) is 19.8 Å². The summed E-state index contributed by atoms with van der Waals surface area (Å²) in [6, 6.07) is 5.63. The Balaban J connectivity index is 1.96. The Labute approximate surface area is 132 Å². The lowest BCUT2D eigenvalue weighted by Crippen LogP contribution is -2.51. The van der Waals surface area contributed by atoms with Crippen molar-refractivity contribution in [3.63, 3.8) is 0 Å². The highest BCUT2D eigenvalue weighted by atomic mass is 16.5. The minimum Gasteiger partial charge on any atom is -0.497 e. The van der Waals surface area contributed by atoms with Gasteiger partial charge < -0.3 is 20.5 Å². The fourth-order valence-electron chi connectivity index (χ4n) is 3.12. The van der Waals surface area contributed by atoms with Crippen molar-refractivity contribution in [2.75, 3.05) is 20.8 Å². The molecule has 122 valence electrons. The summed E-state index contributed by atoms with van der Waals surface area (Å²) >= 11 is 0. The second kappa shape index (κ2) is 7.49. The summed E-state index contributed by atoms with van der Waals surface area (Å²) in [4.78, 5) is 12.3. The van der Waals surface area contributed by atoms with Crippen LogP contribution in [0.25, 0.3) is 0 Å². The first-order valence-corrected chi connectivity index (χ1v) is 7.84. The first-order chi connectivity index (χ1) is 10.6. The molecule has 0 heterocycles. The monoisotopic (exact) mass is 306 g/mol. The smallest absolute Gasteiger partial charge is 0.220 e. The van der Waals surface area contributed by atoms with E-state index in [0.29, 0.717) is 19.4 Å². The van der Waals surface area contributed by atoms with Crippen molar-refractivity contribution in [1.82, 2.24) is 5.32 Å². The van der Waals surface area contributed by atoms with Crippen LogP contribution < -0.4 is 20.5 Å². The predicted octanol–water partition coefficient (Wildman–Crippen LogP) is 2.02.